The topological polar surface area (TPSA) is 65.1 Å². The molecule has 3 heterocycles. The fraction of sp³-hybridized carbons (Fsp3) is 0.421. The number of hydrogen-bond donors (Lipinski definition) is 0. The average molecular weight is 385 g/mol. The lowest BCUT2D eigenvalue weighted by Gasteiger charge is -2.28. The van der Waals surface area contributed by atoms with Gasteiger partial charge in [-0.25, -0.2) is 4.79 Å². The van der Waals surface area contributed by atoms with E-state index in [2.05, 4.69) is 36.1 Å². The van der Waals surface area contributed by atoms with E-state index in [0.29, 0.717) is 17.7 Å². The quantitative estimate of drug-likeness (QED) is 0.681. The van der Waals surface area contributed by atoms with Crippen LogP contribution in [-0.2, 0) is 20.6 Å². The second kappa shape index (κ2) is 6.92. The number of rotatable bonds is 3. The van der Waals surface area contributed by atoms with Gasteiger partial charge >= 0.3 is 5.69 Å². The van der Waals surface area contributed by atoms with E-state index in [1.165, 1.54) is 17.2 Å². The maximum Gasteiger partial charge on any atom is 0.332 e. The van der Waals surface area contributed by atoms with Crippen LogP contribution in [0.3, 0.4) is 0 Å². The maximum absolute atomic E-state index is 12.9. The summed E-state index contributed by atoms with van der Waals surface area (Å²) in [4.78, 5) is 32.2. The Labute approximate surface area is 161 Å². The van der Waals surface area contributed by atoms with Crippen LogP contribution in [0.4, 0.5) is 5.95 Å². The molecule has 2 aromatic heterocycles. The van der Waals surface area contributed by atoms with Crippen molar-refractivity contribution in [2.45, 2.75) is 13.5 Å². The standard InChI is InChI=1S/C19H23N5O2S/c1-13-4-6-14(7-5-13)12-24-15-16(21(2)19(26)22(3)17(15)25)20-18(24)23-8-10-27-11-9-23/h4-7H,8-12H2,1-3H3. The van der Waals surface area contributed by atoms with Gasteiger partial charge < -0.3 is 4.90 Å². The summed E-state index contributed by atoms with van der Waals surface area (Å²) in [6, 6.07) is 8.28. The fourth-order valence-corrected chi connectivity index (χ4v) is 4.37. The Hall–Kier alpha value is -2.48. The van der Waals surface area contributed by atoms with Crippen molar-refractivity contribution in [3.63, 3.8) is 0 Å². The molecule has 0 radical (unpaired) electrons. The van der Waals surface area contributed by atoms with Crippen molar-refractivity contribution in [3.8, 4) is 0 Å². The molecule has 7 nitrogen and oxygen atoms in total. The minimum absolute atomic E-state index is 0.301. The number of benzene rings is 1. The highest BCUT2D eigenvalue weighted by Gasteiger charge is 2.24. The molecule has 1 aromatic carbocycles. The molecule has 0 amide bonds. The summed E-state index contributed by atoms with van der Waals surface area (Å²) in [7, 11) is 3.19. The van der Waals surface area contributed by atoms with E-state index in [9.17, 15) is 9.59 Å². The van der Waals surface area contributed by atoms with Crippen molar-refractivity contribution < 1.29 is 0 Å². The third kappa shape index (κ3) is 3.07. The van der Waals surface area contributed by atoms with Crippen LogP contribution in [0.2, 0.25) is 0 Å². The van der Waals surface area contributed by atoms with Crippen LogP contribution in [0.15, 0.2) is 33.9 Å². The first kappa shape index (κ1) is 17.9. The van der Waals surface area contributed by atoms with Crippen LogP contribution in [0.1, 0.15) is 11.1 Å². The Morgan fingerprint density at radius 3 is 2.37 bits per heavy atom. The lowest BCUT2D eigenvalue weighted by Crippen LogP contribution is -2.38. The summed E-state index contributed by atoms with van der Waals surface area (Å²) in [5, 5.41) is 0. The third-order valence-electron chi connectivity index (χ3n) is 5.08. The predicted octanol–water partition coefficient (Wildman–Crippen LogP) is 1.34. The van der Waals surface area contributed by atoms with Crippen LogP contribution in [0.5, 0.6) is 0 Å². The van der Waals surface area contributed by atoms with Gasteiger partial charge in [0.25, 0.3) is 5.56 Å². The third-order valence-corrected chi connectivity index (χ3v) is 6.03. The van der Waals surface area contributed by atoms with Gasteiger partial charge in [0.1, 0.15) is 0 Å². The molecular weight excluding hydrogens is 362 g/mol. The molecule has 27 heavy (non-hydrogen) atoms. The SMILES string of the molecule is Cc1ccc(Cn2c(N3CCSCC3)nc3c2c(=O)n(C)c(=O)n3C)cc1. The minimum Gasteiger partial charge on any atom is -0.341 e. The lowest BCUT2D eigenvalue weighted by atomic mass is 10.1. The molecule has 0 bridgehead atoms. The predicted molar refractivity (Wildman–Crippen MR) is 110 cm³/mol. The largest absolute Gasteiger partial charge is 0.341 e. The minimum atomic E-state index is -0.353. The normalized spacial score (nSPS) is 14.9. The number of nitrogens with zero attached hydrogens (tertiary/aromatic N) is 5. The van der Waals surface area contributed by atoms with Crippen LogP contribution in [0, 0.1) is 6.92 Å². The highest BCUT2D eigenvalue weighted by atomic mass is 32.2. The zero-order chi connectivity index (χ0) is 19.1. The number of aryl methyl sites for hydroxylation is 2. The molecule has 3 aromatic rings. The molecule has 0 spiro atoms. The van der Waals surface area contributed by atoms with E-state index in [1.807, 2.05) is 16.3 Å². The number of imidazole rings is 1. The van der Waals surface area contributed by atoms with E-state index in [4.69, 9.17) is 4.98 Å². The van der Waals surface area contributed by atoms with Crippen LogP contribution in [-0.4, -0.2) is 43.3 Å². The smallest absolute Gasteiger partial charge is 0.332 e. The van der Waals surface area contributed by atoms with E-state index in [1.54, 1.807) is 7.05 Å². The monoisotopic (exact) mass is 385 g/mol. The Bertz CT molecular complexity index is 1100. The molecule has 142 valence electrons. The second-order valence-electron chi connectivity index (χ2n) is 6.96. The zero-order valence-electron chi connectivity index (χ0n) is 15.8. The molecule has 0 saturated carbocycles. The first-order chi connectivity index (χ1) is 13.0. The summed E-state index contributed by atoms with van der Waals surface area (Å²) >= 11 is 1.92. The number of fused-ring (bicyclic) bond motifs is 1. The van der Waals surface area contributed by atoms with Gasteiger partial charge in [-0.15, -0.1) is 0 Å². The van der Waals surface area contributed by atoms with Gasteiger partial charge in [-0.2, -0.15) is 16.7 Å². The van der Waals surface area contributed by atoms with Gasteiger partial charge in [0.05, 0.1) is 6.54 Å². The van der Waals surface area contributed by atoms with E-state index in [0.717, 1.165) is 40.7 Å². The molecule has 1 aliphatic rings. The lowest BCUT2D eigenvalue weighted by molar-refractivity contribution is 0.700. The Kier molecular flexibility index (Phi) is 4.59. The van der Waals surface area contributed by atoms with Gasteiger partial charge in [0, 0.05) is 38.7 Å². The van der Waals surface area contributed by atoms with Gasteiger partial charge in [0.15, 0.2) is 11.2 Å². The Morgan fingerprint density at radius 1 is 1.04 bits per heavy atom. The fourth-order valence-electron chi connectivity index (χ4n) is 3.47. The summed E-state index contributed by atoms with van der Waals surface area (Å²) in [6.45, 7) is 4.37. The van der Waals surface area contributed by atoms with E-state index in [-0.39, 0.29) is 11.2 Å². The molecule has 0 N–H and O–H groups in total. The Balaban J connectivity index is 1.95. The van der Waals surface area contributed by atoms with Crippen molar-refractivity contribution in [1.82, 2.24) is 18.7 Å². The summed E-state index contributed by atoms with van der Waals surface area (Å²) < 4.78 is 4.59. The Morgan fingerprint density at radius 2 is 1.70 bits per heavy atom. The van der Waals surface area contributed by atoms with Crippen molar-refractivity contribution in [3.05, 3.63) is 56.2 Å². The second-order valence-corrected chi connectivity index (χ2v) is 8.19. The van der Waals surface area contributed by atoms with Gasteiger partial charge in [-0.1, -0.05) is 29.8 Å². The summed E-state index contributed by atoms with van der Waals surface area (Å²) in [5.74, 6) is 2.83. The first-order valence-corrected chi connectivity index (χ1v) is 10.2. The number of thioether (sulfide) groups is 1. The number of hydrogen-bond acceptors (Lipinski definition) is 5. The van der Waals surface area contributed by atoms with E-state index < -0.39 is 0 Å². The van der Waals surface area contributed by atoms with Crippen LogP contribution < -0.4 is 16.1 Å². The summed E-state index contributed by atoms with van der Waals surface area (Å²) in [6.07, 6.45) is 0. The molecule has 1 aliphatic heterocycles. The summed E-state index contributed by atoms with van der Waals surface area (Å²) in [5.41, 5.74) is 2.57. The molecule has 0 atom stereocenters. The molecular formula is C19H23N5O2S. The van der Waals surface area contributed by atoms with Crippen molar-refractivity contribution in [1.29, 1.82) is 0 Å². The molecule has 0 unspecified atom stereocenters. The molecule has 1 fully saturated rings. The van der Waals surface area contributed by atoms with Crippen LogP contribution in [0.25, 0.3) is 11.2 Å². The van der Waals surface area contributed by atoms with Crippen LogP contribution >= 0.6 is 11.8 Å². The number of aromatic nitrogens is 4. The van der Waals surface area contributed by atoms with Crippen molar-refractivity contribution >= 4 is 28.9 Å². The van der Waals surface area contributed by atoms with E-state index >= 15 is 0 Å². The average Bonchev–Trinajstić information content (AvgIpc) is 3.06. The highest BCUT2D eigenvalue weighted by Crippen LogP contribution is 2.24. The number of anilines is 1. The molecule has 1 saturated heterocycles. The van der Waals surface area contributed by atoms with Gasteiger partial charge in [-0.05, 0) is 12.5 Å². The highest BCUT2D eigenvalue weighted by molar-refractivity contribution is 7.99. The van der Waals surface area contributed by atoms with Crippen molar-refractivity contribution in [2.75, 3.05) is 29.5 Å². The molecule has 0 aliphatic carbocycles. The maximum atomic E-state index is 12.9. The van der Waals surface area contributed by atoms with Gasteiger partial charge in [-0.3, -0.25) is 18.5 Å². The van der Waals surface area contributed by atoms with Gasteiger partial charge in [0.2, 0.25) is 5.95 Å². The van der Waals surface area contributed by atoms with Crippen molar-refractivity contribution in [2.24, 2.45) is 14.1 Å². The zero-order valence-corrected chi connectivity index (χ0v) is 16.6. The molecule has 8 heteroatoms. The first-order valence-electron chi connectivity index (χ1n) is 9.02. The molecule has 4 rings (SSSR count).